The summed E-state index contributed by atoms with van der Waals surface area (Å²) in [6.45, 7) is 0. The van der Waals surface area contributed by atoms with Gasteiger partial charge >= 0.3 is 0 Å². The molecule has 14 heavy (non-hydrogen) atoms. The van der Waals surface area contributed by atoms with Crippen molar-refractivity contribution < 1.29 is 5.11 Å². The van der Waals surface area contributed by atoms with E-state index in [-0.39, 0.29) is 6.10 Å². The maximum atomic E-state index is 10.2. The van der Waals surface area contributed by atoms with E-state index in [9.17, 15) is 5.11 Å². The first-order valence-corrected chi connectivity index (χ1v) is 6.73. The van der Waals surface area contributed by atoms with Gasteiger partial charge in [0.2, 0.25) is 0 Å². The van der Waals surface area contributed by atoms with Crippen molar-refractivity contribution in [2.75, 3.05) is 0 Å². The standard InChI is InChI=1S/C10H14BrNOS/c11-10-9(14-6-12-10)8(13)7-4-2-1-3-5-7/h6-8,13H,1-5H2. The van der Waals surface area contributed by atoms with E-state index in [1.54, 1.807) is 16.8 Å². The number of hydrogen-bond acceptors (Lipinski definition) is 3. The molecule has 2 nitrogen and oxygen atoms in total. The van der Waals surface area contributed by atoms with Gasteiger partial charge in [0.1, 0.15) is 4.60 Å². The largest absolute Gasteiger partial charge is 0.387 e. The van der Waals surface area contributed by atoms with Crippen LogP contribution in [0.4, 0.5) is 0 Å². The quantitative estimate of drug-likeness (QED) is 0.896. The van der Waals surface area contributed by atoms with Gasteiger partial charge in [0.15, 0.2) is 0 Å². The molecular formula is C10H14BrNOS. The molecule has 0 saturated heterocycles. The van der Waals surface area contributed by atoms with Crippen LogP contribution in [-0.2, 0) is 0 Å². The smallest absolute Gasteiger partial charge is 0.122 e. The average molecular weight is 276 g/mol. The van der Waals surface area contributed by atoms with Crippen LogP contribution >= 0.6 is 27.3 Å². The highest BCUT2D eigenvalue weighted by Crippen LogP contribution is 2.38. The molecular weight excluding hydrogens is 262 g/mol. The predicted octanol–water partition coefficient (Wildman–Crippen LogP) is 3.52. The third kappa shape index (κ3) is 2.18. The van der Waals surface area contributed by atoms with E-state index in [4.69, 9.17) is 0 Å². The van der Waals surface area contributed by atoms with Gasteiger partial charge in [0.05, 0.1) is 16.5 Å². The number of aliphatic hydroxyl groups excluding tert-OH is 1. The summed E-state index contributed by atoms with van der Waals surface area (Å²) in [5.74, 6) is 0.445. The zero-order chi connectivity index (χ0) is 9.97. The van der Waals surface area contributed by atoms with Gasteiger partial charge in [-0.05, 0) is 34.7 Å². The molecule has 0 bridgehead atoms. The van der Waals surface area contributed by atoms with Crippen LogP contribution in [-0.4, -0.2) is 10.1 Å². The molecule has 0 aliphatic heterocycles. The second-order valence-corrected chi connectivity index (χ2v) is 5.49. The number of aliphatic hydroxyl groups is 1. The number of thiazole rings is 1. The van der Waals surface area contributed by atoms with E-state index in [0.717, 1.165) is 22.3 Å². The zero-order valence-corrected chi connectivity index (χ0v) is 10.4. The van der Waals surface area contributed by atoms with Crippen molar-refractivity contribution in [2.45, 2.75) is 38.2 Å². The lowest BCUT2D eigenvalue weighted by molar-refractivity contribution is 0.0871. The fourth-order valence-electron chi connectivity index (χ4n) is 2.10. The van der Waals surface area contributed by atoms with E-state index in [1.165, 1.54) is 19.3 Å². The summed E-state index contributed by atoms with van der Waals surface area (Å²) in [4.78, 5) is 5.10. The second kappa shape index (κ2) is 4.73. The van der Waals surface area contributed by atoms with Gasteiger partial charge in [-0.1, -0.05) is 19.3 Å². The molecule has 1 unspecified atom stereocenters. The Morgan fingerprint density at radius 3 is 2.71 bits per heavy atom. The molecule has 1 atom stereocenters. The van der Waals surface area contributed by atoms with Crippen LogP contribution in [0.3, 0.4) is 0 Å². The molecule has 0 radical (unpaired) electrons. The Kier molecular flexibility index (Phi) is 3.57. The number of halogens is 1. The van der Waals surface area contributed by atoms with Crippen LogP contribution in [0.5, 0.6) is 0 Å². The summed E-state index contributed by atoms with van der Waals surface area (Å²) in [6, 6.07) is 0. The Balaban J connectivity index is 2.07. The van der Waals surface area contributed by atoms with E-state index < -0.39 is 0 Å². The molecule has 78 valence electrons. The minimum Gasteiger partial charge on any atom is -0.387 e. The third-order valence-electron chi connectivity index (χ3n) is 2.91. The lowest BCUT2D eigenvalue weighted by Gasteiger charge is -2.25. The summed E-state index contributed by atoms with van der Waals surface area (Å²) in [6.07, 6.45) is 5.86. The van der Waals surface area contributed by atoms with Gasteiger partial charge in [-0.15, -0.1) is 11.3 Å². The molecule has 0 aromatic carbocycles. The Hall–Kier alpha value is 0.0700. The van der Waals surface area contributed by atoms with Crippen LogP contribution in [0.2, 0.25) is 0 Å². The third-order valence-corrected chi connectivity index (χ3v) is 4.71. The Morgan fingerprint density at radius 1 is 1.43 bits per heavy atom. The zero-order valence-electron chi connectivity index (χ0n) is 7.95. The molecule has 0 spiro atoms. The molecule has 2 rings (SSSR count). The van der Waals surface area contributed by atoms with E-state index >= 15 is 0 Å². The first-order valence-electron chi connectivity index (χ1n) is 5.06. The molecule has 1 aromatic heterocycles. The number of aromatic nitrogens is 1. The van der Waals surface area contributed by atoms with E-state index in [0.29, 0.717) is 5.92 Å². The maximum absolute atomic E-state index is 10.2. The van der Waals surface area contributed by atoms with Gasteiger partial charge in [0.25, 0.3) is 0 Å². The van der Waals surface area contributed by atoms with Crippen molar-refractivity contribution in [3.8, 4) is 0 Å². The van der Waals surface area contributed by atoms with Crippen molar-refractivity contribution in [1.29, 1.82) is 0 Å². The van der Waals surface area contributed by atoms with Crippen LogP contribution in [0.15, 0.2) is 10.1 Å². The molecule has 1 saturated carbocycles. The predicted molar refractivity (Wildman–Crippen MR) is 61.3 cm³/mol. The van der Waals surface area contributed by atoms with Crippen molar-refractivity contribution >= 4 is 27.3 Å². The van der Waals surface area contributed by atoms with Crippen LogP contribution in [0.25, 0.3) is 0 Å². The van der Waals surface area contributed by atoms with Gasteiger partial charge in [-0.3, -0.25) is 0 Å². The summed E-state index contributed by atoms with van der Waals surface area (Å²) in [7, 11) is 0. The van der Waals surface area contributed by atoms with Gasteiger partial charge in [0, 0.05) is 0 Å². The summed E-state index contributed by atoms with van der Waals surface area (Å²) in [5, 5.41) is 10.2. The minimum absolute atomic E-state index is 0.308. The molecule has 1 aromatic rings. The highest BCUT2D eigenvalue weighted by Gasteiger charge is 2.25. The Bertz CT molecular complexity index is 296. The topological polar surface area (TPSA) is 33.1 Å². The molecule has 1 N–H and O–H groups in total. The highest BCUT2D eigenvalue weighted by molar-refractivity contribution is 9.10. The van der Waals surface area contributed by atoms with Crippen molar-refractivity contribution in [1.82, 2.24) is 4.98 Å². The van der Waals surface area contributed by atoms with Gasteiger partial charge < -0.3 is 5.11 Å². The van der Waals surface area contributed by atoms with E-state index in [1.807, 2.05) is 0 Å². The van der Waals surface area contributed by atoms with Crippen LogP contribution in [0, 0.1) is 5.92 Å². The Morgan fingerprint density at radius 2 is 2.14 bits per heavy atom. The molecule has 1 fully saturated rings. The molecule has 1 heterocycles. The lowest BCUT2D eigenvalue weighted by Crippen LogP contribution is -2.15. The van der Waals surface area contributed by atoms with E-state index in [2.05, 4.69) is 20.9 Å². The molecule has 0 amide bonds. The van der Waals surface area contributed by atoms with Crippen molar-refractivity contribution in [3.05, 3.63) is 15.0 Å². The van der Waals surface area contributed by atoms with Gasteiger partial charge in [-0.2, -0.15) is 0 Å². The first kappa shape index (κ1) is 10.6. The first-order chi connectivity index (χ1) is 6.79. The van der Waals surface area contributed by atoms with Crippen molar-refractivity contribution in [3.63, 3.8) is 0 Å². The fraction of sp³-hybridized carbons (Fsp3) is 0.700. The van der Waals surface area contributed by atoms with Crippen molar-refractivity contribution in [2.24, 2.45) is 5.92 Å². The highest BCUT2D eigenvalue weighted by atomic mass is 79.9. The second-order valence-electron chi connectivity index (χ2n) is 3.85. The molecule has 1 aliphatic rings. The number of rotatable bonds is 2. The SMILES string of the molecule is OC(c1scnc1Br)C1CCCCC1. The number of nitrogens with zero attached hydrogens (tertiary/aromatic N) is 1. The maximum Gasteiger partial charge on any atom is 0.122 e. The lowest BCUT2D eigenvalue weighted by atomic mass is 9.85. The van der Waals surface area contributed by atoms with Gasteiger partial charge in [-0.25, -0.2) is 4.98 Å². The average Bonchev–Trinajstić information content (AvgIpc) is 2.65. The number of hydrogen-bond donors (Lipinski definition) is 1. The normalized spacial score (nSPS) is 21.0. The Labute approximate surface area is 96.5 Å². The summed E-state index contributed by atoms with van der Waals surface area (Å²) < 4.78 is 0.820. The fourth-order valence-corrected chi connectivity index (χ4v) is 3.60. The summed E-state index contributed by atoms with van der Waals surface area (Å²) in [5.41, 5.74) is 1.78. The van der Waals surface area contributed by atoms with Crippen LogP contribution < -0.4 is 0 Å². The monoisotopic (exact) mass is 275 g/mol. The summed E-state index contributed by atoms with van der Waals surface area (Å²) >= 11 is 4.92. The molecule has 1 aliphatic carbocycles. The van der Waals surface area contributed by atoms with Crippen LogP contribution in [0.1, 0.15) is 43.1 Å². The minimum atomic E-state index is -0.308. The molecule has 4 heteroatoms.